The molecule has 0 aromatic heterocycles. The normalized spacial score (nSPS) is 14.6. The molecule has 1 fully saturated rings. The van der Waals surface area contributed by atoms with Gasteiger partial charge in [-0.3, -0.25) is 14.9 Å². The van der Waals surface area contributed by atoms with Crippen LogP contribution in [0.4, 0.5) is 10.5 Å². The number of imide groups is 2. The second-order valence-electron chi connectivity index (χ2n) is 7.88. The summed E-state index contributed by atoms with van der Waals surface area (Å²) >= 11 is 6.26. The van der Waals surface area contributed by atoms with Crippen LogP contribution in [-0.2, 0) is 22.6 Å². The van der Waals surface area contributed by atoms with Gasteiger partial charge in [-0.05, 0) is 48.4 Å². The number of para-hydroxylation sites is 1. The van der Waals surface area contributed by atoms with Crippen LogP contribution in [0.3, 0.4) is 0 Å². The molecular formula is C28H23ClN2O5. The number of anilines is 1. The highest BCUT2D eigenvalue weighted by molar-refractivity contribution is 6.39. The quantitative estimate of drug-likeness (QED) is 0.256. The summed E-state index contributed by atoms with van der Waals surface area (Å²) in [5.74, 6) is -0.591. The number of hydrogen-bond donors (Lipinski definition) is 1. The van der Waals surface area contributed by atoms with Crippen molar-refractivity contribution in [2.75, 3.05) is 12.0 Å². The van der Waals surface area contributed by atoms with Gasteiger partial charge in [-0.15, -0.1) is 6.58 Å². The molecule has 0 aliphatic carbocycles. The molecule has 4 rings (SSSR count). The number of nitrogens with one attached hydrogen (secondary N) is 1. The number of amides is 4. The molecule has 1 aliphatic rings. The topological polar surface area (TPSA) is 84.9 Å². The number of allylic oxidation sites excluding steroid dienone is 1. The summed E-state index contributed by atoms with van der Waals surface area (Å²) in [6, 6.07) is 18.4. The highest BCUT2D eigenvalue weighted by atomic mass is 35.5. The summed E-state index contributed by atoms with van der Waals surface area (Å²) in [6.07, 6.45) is 3.58. The first-order valence-corrected chi connectivity index (χ1v) is 11.4. The first-order valence-electron chi connectivity index (χ1n) is 11.1. The largest absolute Gasteiger partial charge is 0.493 e. The van der Waals surface area contributed by atoms with Gasteiger partial charge in [0.05, 0.1) is 12.8 Å². The summed E-state index contributed by atoms with van der Waals surface area (Å²) in [7, 11) is 1.50. The molecule has 0 atom stereocenters. The van der Waals surface area contributed by atoms with E-state index in [1.807, 2.05) is 18.2 Å². The van der Waals surface area contributed by atoms with Crippen LogP contribution >= 0.6 is 11.6 Å². The van der Waals surface area contributed by atoms with Crippen molar-refractivity contribution in [1.82, 2.24) is 5.32 Å². The van der Waals surface area contributed by atoms with E-state index in [4.69, 9.17) is 21.1 Å². The maximum atomic E-state index is 13.2. The Bertz CT molecular complexity index is 1370. The predicted molar refractivity (Wildman–Crippen MR) is 138 cm³/mol. The predicted octanol–water partition coefficient (Wildman–Crippen LogP) is 5.32. The maximum Gasteiger partial charge on any atom is 0.335 e. The van der Waals surface area contributed by atoms with Gasteiger partial charge in [-0.1, -0.05) is 54.1 Å². The minimum absolute atomic E-state index is 0.185. The molecule has 0 unspecified atom stereocenters. The fraction of sp³-hybridized carbons (Fsp3) is 0.107. The van der Waals surface area contributed by atoms with Crippen molar-refractivity contribution in [3.63, 3.8) is 0 Å². The van der Waals surface area contributed by atoms with Crippen LogP contribution in [0.25, 0.3) is 6.08 Å². The fourth-order valence-electron chi connectivity index (χ4n) is 3.79. The molecule has 0 spiro atoms. The minimum atomic E-state index is -0.804. The SMILES string of the molecule is C=CCc1cc(/C=C2\C(=O)NC(=O)N(c3ccccc3)C2=O)cc(OC)c1OCc1ccccc1Cl. The second kappa shape index (κ2) is 10.9. The first-order chi connectivity index (χ1) is 17.4. The number of urea groups is 1. The summed E-state index contributed by atoms with van der Waals surface area (Å²) in [5, 5.41) is 2.81. The lowest BCUT2D eigenvalue weighted by atomic mass is 10.0. The molecule has 1 aliphatic heterocycles. The molecule has 3 aromatic carbocycles. The molecule has 0 bridgehead atoms. The number of methoxy groups -OCH3 is 1. The molecule has 1 N–H and O–H groups in total. The third kappa shape index (κ3) is 5.16. The van der Waals surface area contributed by atoms with Gasteiger partial charge in [0, 0.05) is 16.1 Å². The molecule has 1 saturated heterocycles. The Labute approximate surface area is 213 Å². The van der Waals surface area contributed by atoms with Crippen LogP contribution in [0.15, 0.2) is 85.0 Å². The van der Waals surface area contributed by atoms with Crippen LogP contribution in [0.5, 0.6) is 11.5 Å². The third-order valence-corrected chi connectivity index (χ3v) is 5.86. The lowest BCUT2D eigenvalue weighted by Crippen LogP contribution is -2.54. The van der Waals surface area contributed by atoms with Crippen molar-refractivity contribution in [1.29, 1.82) is 0 Å². The smallest absolute Gasteiger partial charge is 0.335 e. The van der Waals surface area contributed by atoms with E-state index in [1.54, 1.807) is 54.6 Å². The monoisotopic (exact) mass is 502 g/mol. The molecule has 36 heavy (non-hydrogen) atoms. The number of hydrogen-bond acceptors (Lipinski definition) is 5. The number of barbiturate groups is 1. The molecule has 8 heteroatoms. The van der Waals surface area contributed by atoms with Crippen molar-refractivity contribution in [3.05, 3.63) is 107 Å². The summed E-state index contributed by atoms with van der Waals surface area (Å²) in [5.41, 5.74) is 2.24. The average Bonchev–Trinajstić information content (AvgIpc) is 2.87. The molecule has 1 heterocycles. The Kier molecular flexibility index (Phi) is 7.51. The molecule has 4 amide bonds. The molecular weight excluding hydrogens is 480 g/mol. The number of ether oxygens (including phenoxy) is 2. The molecule has 0 radical (unpaired) electrons. The molecule has 3 aromatic rings. The van der Waals surface area contributed by atoms with E-state index in [-0.39, 0.29) is 12.2 Å². The number of carbonyl (C=O) groups is 3. The van der Waals surface area contributed by atoms with Gasteiger partial charge in [-0.25, -0.2) is 9.69 Å². The van der Waals surface area contributed by atoms with Crippen LogP contribution < -0.4 is 19.7 Å². The molecule has 182 valence electrons. The van der Waals surface area contributed by atoms with E-state index in [2.05, 4.69) is 11.9 Å². The fourth-order valence-corrected chi connectivity index (χ4v) is 3.98. The summed E-state index contributed by atoms with van der Waals surface area (Å²) in [4.78, 5) is 39.1. The number of benzene rings is 3. The van der Waals surface area contributed by atoms with Crippen LogP contribution in [0.2, 0.25) is 5.02 Å². The van der Waals surface area contributed by atoms with Crippen LogP contribution in [0.1, 0.15) is 16.7 Å². The third-order valence-electron chi connectivity index (χ3n) is 5.50. The van der Waals surface area contributed by atoms with E-state index in [0.29, 0.717) is 34.2 Å². The van der Waals surface area contributed by atoms with E-state index in [0.717, 1.165) is 16.0 Å². The number of rotatable bonds is 8. The Balaban J connectivity index is 1.70. The highest BCUT2D eigenvalue weighted by Crippen LogP contribution is 2.36. The Morgan fingerprint density at radius 3 is 2.42 bits per heavy atom. The lowest BCUT2D eigenvalue weighted by Gasteiger charge is -2.26. The maximum absolute atomic E-state index is 13.2. The van der Waals surface area contributed by atoms with Gasteiger partial charge >= 0.3 is 6.03 Å². The van der Waals surface area contributed by atoms with E-state index in [1.165, 1.54) is 13.2 Å². The first kappa shape index (κ1) is 24.8. The van der Waals surface area contributed by atoms with Crippen LogP contribution in [-0.4, -0.2) is 25.0 Å². The summed E-state index contributed by atoms with van der Waals surface area (Å²) in [6.45, 7) is 4.03. The molecule has 7 nitrogen and oxygen atoms in total. The van der Waals surface area contributed by atoms with Gasteiger partial charge in [0.15, 0.2) is 11.5 Å². The minimum Gasteiger partial charge on any atom is -0.493 e. The zero-order valence-electron chi connectivity index (χ0n) is 19.5. The highest BCUT2D eigenvalue weighted by Gasteiger charge is 2.36. The Morgan fingerprint density at radius 1 is 1.00 bits per heavy atom. The van der Waals surface area contributed by atoms with E-state index < -0.39 is 17.8 Å². The van der Waals surface area contributed by atoms with Gasteiger partial charge in [-0.2, -0.15) is 0 Å². The van der Waals surface area contributed by atoms with E-state index in [9.17, 15) is 14.4 Å². The molecule has 0 saturated carbocycles. The van der Waals surface area contributed by atoms with Crippen molar-refractivity contribution in [2.24, 2.45) is 0 Å². The zero-order valence-corrected chi connectivity index (χ0v) is 20.2. The Morgan fingerprint density at radius 2 is 1.72 bits per heavy atom. The average molecular weight is 503 g/mol. The van der Waals surface area contributed by atoms with Gasteiger partial charge in [0.1, 0.15) is 12.2 Å². The van der Waals surface area contributed by atoms with Crippen molar-refractivity contribution >= 4 is 41.2 Å². The standard InChI is InChI=1S/C28H23ClN2O5/c1-3-9-19-14-18(16-24(35-2)25(19)36-17-20-10-7-8-13-23(20)29)15-22-26(32)30-28(34)31(27(22)33)21-11-5-4-6-12-21/h3-8,10-16H,1,9,17H2,2H3,(H,30,32,34)/b22-15+. The van der Waals surface area contributed by atoms with Gasteiger partial charge in [0.25, 0.3) is 11.8 Å². The number of halogens is 1. The van der Waals surface area contributed by atoms with Gasteiger partial charge in [0.2, 0.25) is 0 Å². The van der Waals surface area contributed by atoms with Crippen molar-refractivity contribution in [2.45, 2.75) is 13.0 Å². The summed E-state index contributed by atoms with van der Waals surface area (Å²) < 4.78 is 11.6. The number of nitrogens with zero attached hydrogens (tertiary/aromatic N) is 1. The van der Waals surface area contributed by atoms with Crippen molar-refractivity contribution < 1.29 is 23.9 Å². The lowest BCUT2D eigenvalue weighted by molar-refractivity contribution is -0.122. The van der Waals surface area contributed by atoms with Gasteiger partial charge < -0.3 is 9.47 Å². The zero-order chi connectivity index (χ0) is 25.7. The Hall–Kier alpha value is -4.36. The van der Waals surface area contributed by atoms with Crippen LogP contribution in [0, 0.1) is 0 Å². The second-order valence-corrected chi connectivity index (χ2v) is 8.28. The van der Waals surface area contributed by atoms with Crippen molar-refractivity contribution in [3.8, 4) is 11.5 Å². The number of carbonyl (C=O) groups excluding carboxylic acids is 3. The van der Waals surface area contributed by atoms with E-state index >= 15 is 0 Å².